The van der Waals surface area contributed by atoms with Crippen LogP contribution in [-0.4, -0.2) is 11.7 Å². The van der Waals surface area contributed by atoms with Gasteiger partial charge < -0.3 is 10.4 Å². The molecule has 0 fully saturated rings. The Hall–Kier alpha value is -1.64. The van der Waals surface area contributed by atoms with E-state index in [-0.39, 0.29) is 6.04 Å². The summed E-state index contributed by atoms with van der Waals surface area (Å²) in [5.41, 5.74) is 2.57. The van der Waals surface area contributed by atoms with Crippen LogP contribution in [-0.2, 0) is 5.60 Å². The Labute approximate surface area is 121 Å². The quantitative estimate of drug-likeness (QED) is 0.870. The van der Waals surface area contributed by atoms with Gasteiger partial charge in [0, 0.05) is 12.6 Å². The molecule has 0 aromatic heterocycles. The second kappa shape index (κ2) is 6.21. The predicted molar refractivity (Wildman–Crippen MR) is 83.6 cm³/mol. The molecule has 0 radical (unpaired) electrons. The van der Waals surface area contributed by atoms with Gasteiger partial charge in [-0.05, 0) is 31.9 Å². The van der Waals surface area contributed by atoms with E-state index in [0.29, 0.717) is 6.54 Å². The van der Waals surface area contributed by atoms with E-state index in [9.17, 15) is 5.11 Å². The second-order valence-electron chi connectivity index (χ2n) is 5.66. The maximum Gasteiger partial charge on any atom is 0.0992 e. The summed E-state index contributed by atoms with van der Waals surface area (Å²) in [6.45, 7) is 6.58. The molecule has 20 heavy (non-hydrogen) atoms. The second-order valence-corrected chi connectivity index (χ2v) is 5.66. The fourth-order valence-electron chi connectivity index (χ4n) is 2.31. The van der Waals surface area contributed by atoms with E-state index < -0.39 is 5.60 Å². The maximum absolute atomic E-state index is 10.6. The van der Waals surface area contributed by atoms with Gasteiger partial charge in [-0.1, -0.05) is 60.2 Å². The first-order valence-electron chi connectivity index (χ1n) is 7.07. The average molecular weight is 269 g/mol. The number of nitrogens with one attached hydrogen (secondary N) is 1. The third kappa shape index (κ3) is 3.69. The van der Waals surface area contributed by atoms with Gasteiger partial charge in [-0.3, -0.25) is 0 Å². The molecular weight excluding hydrogens is 246 g/mol. The molecule has 0 saturated carbocycles. The molecule has 0 saturated heterocycles. The van der Waals surface area contributed by atoms with Gasteiger partial charge in [0.2, 0.25) is 0 Å². The van der Waals surface area contributed by atoms with Crippen LogP contribution in [0.5, 0.6) is 0 Å². The van der Waals surface area contributed by atoms with Gasteiger partial charge in [0.25, 0.3) is 0 Å². The topological polar surface area (TPSA) is 32.3 Å². The van der Waals surface area contributed by atoms with Crippen LogP contribution < -0.4 is 5.32 Å². The first-order chi connectivity index (χ1) is 9.49. The van der Waals surface area contributed by atoms with Crippen molar-refractivity contribution in [3.8, 4) is 0 Å². The summed E-state index contributed by atoms with van der Waals surface area (Å²) in [5.74, 6) is 0. The largest absolute Gasteiger partial charge is 0.384 e. The third-order valence-corrected chi connectivity index (χ3v) is 3.69. The lowest BCUT2D eigenvalue weighted by atomic mass is 9.95. The van der Waals surface area contributed by atoms with Crippen molar-refractivity contribution in [2.75, 3.05) is 6.54 Å². The summed E-state index contributed by atoms with van der Waals surface area (Å²) in [6.07, 6.45) is 0. The van der Waals surface area contributed by atoms with Gasteiger partial charge >= 0.3 is 0 Å². The standard InChI is InChI=1S/C18H23NO/c1-14-8-7-9-16(12-14)15(2)19-13-18(3,20)17-10-5-4-6-11-17/h4-12,15,19-20H,13H2,1-3H3/t15-,18?/m0/s1. The lowest BCUT2D eigenvalue weighted by Crippen LogP contribution is -2.36. The number of rotatable bonds is 5. The minimum Gasteiger partial charge on any atom is -0.384 e. The highest BCUT2D eigenvalue weighted by atomic mass is 16.3. The fourth-order valence-corrected chi connectivity index (χ4v) is 2.31. The van der Waals surface area contributed by atoms with E-state index >= 15 is 0 Å². The molecule has 0 aliphatic rings. The predicted octanol–water partition coefficient (Wildman–Crippen LogP) is 3.55. The van der Waals surface area contributed by atoms with Crippen molar-refractivity contribution in [1.29, 1.82) is 0 Å². The zero-order valence-corrected chi connectivity index (χ0v) is 12.4. The number of hydrogen-bond donors (Lipinski definition) is 2. The van der Waals surface area contributed by atoms with Crippen molar-refractivity contribution in [3.63, 3.8) is 0 Å². The number of aliphatic hydroxyl groups is 1. The Morgan fingerprint density at radius 3 is 2.45 bits per heavy atom. The molecule has 0 bridgehead atoms. The van der Waals surface area contributed by atoms with E-state index in [0.717, 1.165) is 5.56 Å². The van der Waals surface area contributed by atoms with Crippen molar-refractivity contribution in [2.24, 2.45) is 0 Å². The Morgan fingerprint density at radius 2 is 1.80 bits per heavy atom. The molecule has 0 amide bonds. The fraction of sp³-hybridized carbons (Fsp3) is 0.333. The first kappa shape index (κ1) is 14.8. The normalized spacial score (nSPS) is 15.6. The van der Waals surface area contributed by atoms with E-state index in [1.165, 1.54) is 11.1 Å². The Bertz CT molecular complexity index is 548. The summed E-state index contributed by atoms with van der Waals surface area (Å²) in [7, 11) is 0. The van der Waals surface area contributed by atoms with Crippen LogP contribution in [0.4, 0.5) is 0 Å². The van der Waals surface area contributed by atoms with Crippen molar-refractivity contribution in [3.05, 3.63) is 71.3 Å². The molecule has 2 aromatic carbocycles. The molecule has 0 aliphatic heterocycles. The molecular formula is C18H23NO. The summed E-state index contributed by atoms with van der Waals surface area (Å²) in [5, 5.41) is 14.0. The average Bonchev–Trinajstić information content (AvgIpc) is 2.46. The monoisotopic (exact) mass is 269 g/mol. The van der Waals surface area contributed by atoms with Gasteiger partial charge in [-0.25, -0.2) is 0 Å². The van der Waals surface area contributed by atoms with E-state index in [1.807, 2.05) is 37.3 Å². The molecule has 2 N–H and O–H groups in total. The smallest absolute Gasteiger partial charge is 0.0992 e. The minimum absolute atomic E-state index is 0.213. The van der Waals surface area contributed by atoms with Crippen molar-refractivity contribution in [2.45, 2.75) is 32.4 Å². The van der Waals surface area contributed by atoms with Crippen LogP contribution in [0.15, 0.2) is 54.6 Å². The molecule has 106 valence electrons. The zero-order chi connectivity index (χ0) is 14.6. The number of benzene rings is 2. The van der Waals surface area contributed by atoms with Gasteiger partial charge in [-0.15, -0.1) is 0 Å². The minimum atomic E-state index is -0.862. The highest BCUT2D eigenvalue weighted by Gasteiger charge is 2.23. The summed E-state index contributed by atoms with van der Waals surface area (Å²) in [4.78, 5) is 0. The molecule has 0 spiro atoms. The van der Waals surface area contributed by atoms with Gasteiger partial charge in [-0.2, -0.15) is 0 Å². The molecule has 0 heterocycles. The number of aryl methyl sites for hydroxylation is 1. The van der Waals surface area contributed by atoms with Crippen molar-refractivity contribution >= 4 is 0 Å². The molecule has 2 heteroatoms. The van der Waals surface area contributed by atoms with Crippen LogP contribution in [0.3, 0.4) is 0 Å². The molecule has 2 aromatic rings. The van der Waals surface area contributed by atoms with Crippen LogP contribution in [0.2, 0.25) is 0 Å². The van der Waals surface area contributed by atoms with Crippen molar-refractivity contribution in [1.82, 2.24) is 5.32 Å². The van der Waals surface area contributed by atoms with E-state index in [4.69, 9.17) is 0 Å². The first-order valence-corrected chi connectivity index (χ1v) is 7.07. The third-order valence-electron chi connectivity index (χ3n) is 3.69. The van der Waals surface area contributed by atoms with E-state index in [1.54, 1.807) is 0 Å². The van der Waals surface area contributed by atoms with Gasteiger partial charge in [0.15, 0.2) is 0 Å². The highest BCUT2D eigenvalue weighted by molar-refractivity contribution is 5.25. The molecule has 1 unspecified atom stereocenters. The van der Waals surface area contributed by atoms with Crippen LogP contribution >= 0.6 is 0 Å². The molecule has 0 aliphatic carbocycles. The SMILES string of the molecule is Cc1cccc([C@H](C)NCC(C)(O)c2ccccc2)c1. The summed E-state index contributed by atoms with van der Waals surface area (Å²) >= 11 is 0. The molecule has 2 atom stereocenters. The maximum atomic E-state index is 10.6. The van der Waals surface area contributed by atoms with Crippen LogP contribution in [0.1, 0.15) is 36.6 Å². The number of hydrogen-bond acceptors (Lipinski definition) is 2. The molecule has 2 nitrogen and oxygen atoms in total. The lowest BCUT2D eigenvalue weighted by Gasteiger charge is -2.26. The Morgan fingerprint density at radius 1 is 1.10 bits per heavy atom. The van der Waals surface area contributed by atoms with Crippen LogP contribution in [0, 0.1) is 6.92 Å². The van der Waals surface area contributed by atoms with E-state index in [2.05, 4.69) is 43.4 Å². The van der Waals surface area contributed by atoms with Gasteiger partial charge in [0.1, 0.15) is 0 Å². The summed E-state index contributed by atoms with van der Waals surface area (Å²) < 4.78 is 0. The van der Waals surface area contributed by atoms with Crippen molar-refractivity contribution < 1.29 is 5.11 Å². The van der Waals surface area contributed by atoms with Crippen LogP contribution in [0.25, 0.3) is 0 Å². The Kier molecular flexibility index (Phi) is 4.58. The Balaban J connectivity index is 2.01. The summed E-state index contributed by atoms with van der Waals surface area (Å²) in [6, 6.07) is 18.4. The zero-order valence-electron chi connectivity index (χ0n) is 12.4. The van der Waals surface area contributed by atoms with Gasteiger partial charge in [0.05, 0.1) is 5.60 Å². The highest BCUT2D eigenvalue weighted by Crippen LogP contribution is 2.21. The molecule has 2 rings (SSSR count). The lowest BCUT2D eigenvalue weighted by molar-refractivity contribution is 0.0543.